The monoisotopic (exact) mass is 468 g/mol. The molecule has 1 atom stereocenters. The molecular weight excluding hydrogens is 440 g/mol. The molecular formula is C24H28N4O4S. The summed E-state index contributed by atoms with van der Waals surface area (Å²) in [4.78, 5) is 46.2. The van der Waals surface area contributed by atoms with E-state index in [1.54, 1.807) is 20.1 Å². The maximum Gasteiger partial charge on any atom is 0.266 e. The predicted octanol–water partition coefficient (Wildman–Crippen LogP) is 3.74. The van der Waals surface area contributed by atoms with Gasteiger partial charge in [-0.1, -0.05) is 6.07 Å². The van der Waals surface area contributed by atoms with Gasteiger partial charge in [-0.15, -0.1) is 11.3 Å². The van der Waals surface area contributed by atoms with E-state index in [0.717, 1.165) is 24.8 Å². The van der Waals surface area contributed by atoms with E-state index in [0.29, 0.717) is 38.6 Å². The van der Waals surface area contributed by atoms with Gasteiger partial charge in [-0.2, -0.15) is 0 Å². The number of carbonyl (C=O) groups is 2. The molecule has 0 radical (unpaired) electrons. The molecule has 2 amide bonds. The van der Waals surface area contributed by atoms with Gasteiger partial charge in [0.15, 0.2) is 0 Å². The van der Waals surface area contributed by atoms with Gasteiger partial charge >= 0.3 is 0 Å². The Bertz CT molecular complexity index is 1280. The van der Waals surface area contributed by atoms with Gasteiger partial charge in [-0.3, -0.25) is 19.0 Å². The Kier molecular flexibility index (Phi) is 6.51. The van der Waals surface area contributed by atoms with Crippen molar-refractivity contribution in [1.82, 2.24) is 14.5 Å². The summed E-state index contributed by atoms with van der Waals surface area (Å²) in [5, 5.41) is 3.26. The number of ether oxygens (including phenoxy) is 1. The number of amides is 2. The van der Waals surface area contributed by atoms with E-state index in [9.17, 15) is 14.4 Å². The van der Waals surface area contributed by atoms with Crippen molar-refractivity contribution in [2.75, 3.05) is 19.0 Å². The highest BCUT2D eigenvalue weighted by Gasteiger charge is 2.25. The Hall–Kier alpha value is -3.20. The number of hydrogen-bond acceptors (Lipinski definition) is 6. The quantitative estimate of drug-likeness (QED) is 0.616. The molecule has 4 rings (SSSR count). The molecule has 0 aliphatic carbocycles. The average Bonchev–Trinajstić information content (AvgIpc) is 3.13. The summed E-state index contributed by atoms with van der Waals surface area (Å²) in [6.07, 6.45) is 4.48. The normalized spacial score (nSPS) is 16.1. The van der Waals surface area contributed by atoms with Gasteiger partial charge in [0, 0.05) is 12.6 Å². The van der Waals surface area contributed by atoms with Crippen LogP contribution in [0.2, 0.25) is 0 Å². The maximum absolute atomic E-state index is 13.2. The van der Waals surface area contributed by atoms with E-state index in [1.165, 1.54) is 22.2 Å². The topological polar surface area (TPSA) is 93.5 Å². The van der Waals surface area contributed by atoms with E-state index in [1.807, 2.05) is 30.9 Å². The van der Waals surface area contributed by atoms with E-state index in [2.05, 4.69) is 10.3 Å². The molecule has 1 saturated heterocycles. The van der Waals surface area contributed by atoms with Gasteiger partial charge in [-0.25, -0.2) is 4.98 Å². The van der Waals surface area contributed by atoms with Crippen molar-refractivity contribution in [3.8, 4) is 5.75 Å². The second kappa shape index (κ2) is 9.35. The zero-order valence-electron chi connectivity index (χ0n) is 19.3. The number of methoxy groups -OCH3 is 1. The standard InChI is InChI=1S/C24H28N4O4S/c1-14-8-9-18(32-4)17(11-14)26-22(30)21-16(3)20-23(33-21)25-13-27(24(20)31)12-19(29)28-10-6-5-7-15(28)2/h8-9,11,13,15H,5-7,10,12H2,1-4H3,(H,26,30)/t15-/m0/s1. The van der Waals surface area contributed by atoms with Crippen molar-refractivity contribution in [3.05, 3.63) is 50.9 Å². The third-order valence-corrected chi connectivity index (χ3v) is 7.35. The van der Waals surface area contributed by atoms with E-state index in [-0.39, 0.29) is 30.0 Å². The van der Waals surface area contributed by atoms with Gasteiger partial charge < -0.3 is 15.0 Å². The molecule has 1 aromatic carbocycles. The lowest BCUT2D eigenvalue weighted by Crippen LogP contribution is -2.44. The number of aryl methyl sites for hydroxylation is 2. The minimum atomic E-state index is -0.330. The summed E-state index contributed by atoms with van der Waals surface area (Å²) in [6, 6.07) is 5.70. The molecule has 8 nitrogen and oxygen atoms in total. The molecule has 33 heavy (non-hydrogen) atoms. The Morgan fingerprint density at radius 2 is 2.06 bits per heavy atom. The predicted molar refractivity (Wildman–Crippen MR) is 129 cm³/mol. The molecule has 0 saturated carbocycles. The molecule has 1 aliphatic rings. The largest absolute Gasteiger partial charge is 0.495 e. The molecule has 1 fully saturated rings. The second-order valence-electron chi connectivity index (χ2n) is 8.50. The van der Waals surface area contributed by atoms with Crippen LogP contribution in [0.3, 0.4) is 0 Å². The minimum absolute atomic E-state index is 0.0522. The van der Waals surface area contributed by atoms with Gasteiger partial charge in [0.2, 0.25) is 5.91 Å². The van der Waals surface area contributed by atoms with Crippen LogP contribution in [0.15, 0.2) is 29.3 Å². The van der Waals surface area contributed by atoms with Crippen LogP contribution < -0.4 is 15.6 Å². The number of thiophene rings is 1. The Morgan fingerprint density at radius 1 is 1.27 bits per heavy atom. The summed E-state index contributed by atoms with van der Waals surface area (Å²) in [5.41, 5.74) is 1.80. The zero-order valence-corrected chi connectivity index (χ0v) is 20.1. The number of hydrogen-bond donors (Lipinski definition) is 1. The van der Waals surface area contributed by atoms with Crippen LogP contribution in [0.25, 0.3) is 10.2 Å². The first-order chi connectivity index (χ1) is 15.8. The number of fused-ring (bicyclic) bond motifs is 1. The van der Waals surface area contributed by atoms with Crippen molar-refractivity contribution in [2.24, 2.45) is 0 Å². The first-order valence-corrected chi connectivity index (χ1v) is 11.9. The van der Waals surface area contributed by atoms with Crippen LogP contribution in [0.5, 0.6) is 5.75 Å². The number of likely N-dealkylation sites (tertiary alicyclic amines) is 1. The highest BCUT2D eigenvalue weighted by Crippen LogP contribution is 2.30. The Balaban J connectivity index is 1.62. The first-order valence-electron chi connectivity index (χ1n) is 11.0. The summed E-state index contributed by atoms with van der Waals surface area (Å²) in [6.45, 7) is 6.37. The molecule has 0 bridgehead atoms. The highest BCUT2D eigenvalue weighted by atomic mass is 32.1. The lowest BCUT2D eigenvalue weighted by atomic mass is 10.0. The van der Waals surface area contributed by atoms with Crippen molar-refractivity contribution in [3.63, 3.8) is 0 Å². The van der Waals surface area contributed by atoms with Gasteiger partial charge in [0.1, 0.15) is 17.1 Å². The Labute approximate surface area is 196 Å². The van der Waals surface area contributed by atoms with E-state index in [4.69, 9.17) is 4.74 Å². The summed E-state index contributed by atoms with van der Waals surface area (Å²) in [5.74, 6) is 0.144. The zero-order chi connectivity index (χ0) is 23.7. The van der Waals surface area contributed by atoms with Crippen molar-refractivity contribution >= 4 is 39.1 Å². The number of carbonyl (C=O) groups excluding carboxylic acids is 2. The number of nitrogens with one attached hydrogen (secondary N) is 1. The number of piperidine rings is 1. The molecule has 1 aliphatic heterocycles. The number of benzene rings is 1. The van der Waals surface area contributed by atoms with Gasteiger partial charge in [0.05, 0.1) is 29.4 Å². The molecule has 174 valence electrons. The fourth-order valence-electron chi connectivity index (χ4n) is 4.29. The third-order valence-electron chi connectivity index (χ3n) is 6.16. The lowest BCUT2D eigenvalue weighted by Gasteiger charge is -2.33. The molecule has 1 N–H and O–H groups in total. The van der Waals surface area contributed by atoms with Crippen molar-refractivity contribution in [1.29, 1.82) is 0 Å². The fraction of sp³-hybridized carbons (Fsp3) is 0.417. The summed E-state index contributed by atoms with van der Waals surface area (Å²) in [7, 11) is 1.54. The first kappa shape index (κ1) is 23.0. The Morgan fingerprint density at radius 3 is 2.79 bits per heavy atom. The van der Waals surface area contributed by atoms with Crippen LogP contribution in [0, 0.1) is 13.8 Å². The molecule has 2 aromatic heterocycles. The molecule has 0 spiro atoms. The number of nitrogens with zero attached hydrogens (tertiary/aromatic N) is 3. The highest BCUT2D eigenvalue weighted by molar-refractivity contribution is 7.20. The number of aromatic nitrogens is 2. The van der Waals surface area contributed by atoms with E-state index < -0.39 is 0 Å². The smallest absolute Gasteiger partial charge is 0.266 e. The van der Waals surface area contributed by atoms with E-state index >= 15 is 0 Å². The molecule has 9 heteroatoms. The molecule has 0 unspecified atom stereocenters. The number of anilines is 1. The summed E-state index contributed by atoms with van der Waals surface area (Å²) >= 11 is 1.17. The third kappa shape index (κ3) is 4.50. The van der Waals surface area contributed by atoms with Crippen LogP contribution in [0.1, 0.15) is 47.0 Å². The lowest BCUT2D eigenvalue weighted by molar-refractivity contribution is -0.135. The maximum atomic E-state index is 13.2. The summed E-state index contributed by atoms with van der Waals surface area (Å²) < 4.78 is 6.69. The van der Waals surface area contributed by atoms with Crippen molar-refractivity contribution in [2.45, 2.75) is 52.6 Å². The van der Waals surface area contributed by atoms with Gasteiger partial charge in [0.25, 0.3) is 11.5 Å². The van der Waals surface area contributed by atoms with Crippen LogP contribution in [-0.4, -0.2) is 46.0 Å². The van der Waals surface area contributed by atoms with Crippen LogP contribution in [0.4, 0.5) is 5.69 Å². The van der Waals surface area contributed by atoms with Crippen molar-refractivity contribution < 1.29 is 14.3 Å². The molecule has 3 heterocycles. The SMILES string of the molecule is COc1ccc(C)cc1NC(=O)c1sc2ncn(CC(=O)N3CCCC[C@@H]3C)c(=O)c2c1C. The number of rotatable bonds is 5. The molecule has 3 aromatic rings. The average molecular weight is 469 g/mol. The minimum Gasteiger partial charge on any atom is -0.495 e. The van der Waals surface area contributed by atoms with Crippen LogP contribution >= 0.6 is 11.3 Å². The second-order valence-corrected chi connectivity index (χ2v) is 9.50. The fourth-order valence-corrected chi connectivity index (χ4v) is 5.33. The van der Waals surface area contributed by atoms with Gasteiger partial charge in [-0.05, 0) is 63.3 Å². The van der Waals surface area contributed by atoms with Crippen LogP contribution in [-0.2, 0) is 11.3 Å².